The van der Waals surface area contributed by atoms with Gasteiger partial charge in [0.05, 0.1) is 5.56 Å². The van der Waals surface area contributed by atoms with E-state index in [1.807, 2.05) is 17.6 Å². The highest BCUT2D eigenvalue weighted by molar-refractivity contribution is 6.31. The summed E-state index contributed by atoms with van der Waals surface area (Å²) in [4.78, 5) is 47.1. The van der Waals surface area contributed by atoms with Crippen LogP contribution in [0.5, 0.6) is 5.75 Å². The van der Waals surface area contributed by atoms with E-state index in [1.54, 1.807) is 48.5 Å². The van der Waals surface area contributed by atoms with Crippen molar-refractivity contribution in [2.75, 3.05) is 0 Å². The molecule has 0 saturated carbocycles. The summed E-state index contributed by atoms with van der Waals surface area (Å²) < 4.78 is 5.39. The van der Waals surface area contributed by atoms with Gasteiger partial charge in [0, 0.05) is 5.56 Å². The highest BCUT2D eigenvalue weighted by atomic mass is 16.5. The van der Waals surface area contributed by atoms with Crippen LogP contribution in [0.15, 0.2) is 54.1 Å². The number of barbiturate groups is 1. The van der Waals surface area contributed by atoms with E-state index in [0.717, 1.165) is 5.56 Å². The molecule has 2 N–H and O–H groups in total. The number of amides is 4. The van der Waals surface area contributed by atoms with E-state index in [-0.39, 0.29) is 11.3 Å². The van der Waals surface area contributed by atoms with E-state index in [9.17, 15) is 19.2 Å². The van der Waals surface area contributed by atoms with Crippen molar-refractivity contribution in [3.63, 3.8) is 0 Å². The zero-order chi connectivity index (χ0) is 18.7. The molecule has 3 rings (SSSR count). The van der Waals surface area contributed by atoms with Gasteiger partial charge in [0.1, 0.15) is 11.3 Å². The Hall–Kier alpha value is -3.74. The van der Waals surface area contributed by atoms with E-state index in [4.69, 9.17) is 4.74 Å². The fraction of sp³-hybridized carbons (Fsp3) is 0.0526. The number of urea groups is 1. The minimum atomic E-state index is -0.878. The molecule has 0 aliphatic carbocycles. The van der Waals surface area contributed by atoms with E-state index >= 15 is 0 Å². The second kappa shape index (κ2) is 7.02. The maximum absolute atomic E-state index is 12.3. The fourth-order valence-corrected chi connectivity index (χ4v) is 2.30. The first-order valence-electron chi connectivity index (χ1n) is 7.70. The zero-order valence-electron chi connectivity index (χ0n) is 13.7. The molecule has 0 radical (unpaired) electrons. The van der Waals surface area contributed by atoms with Crippen molar-refractivity contribution in [1.29, 1.82) is 0 Å². The number of carbonyl (C=O) groups excluding carboxylic acids is 4. The number of carbonyl (C=O) groups is 4. The molecule has 1 aliphatic rings. The molecule has 0 atom stereocenters. The second-order valence-electron chi connectivity index (χ2n) is 5.59. The second-order valence-corrected chi connectivity index (χ2v) is 5.59. The summed E-state index contributed by atoms with van der Waals surface area (Å²) in [6.07, 6.45) is 1.26. The molecule has 0 spiro atoms. The molecule has 0 bridgehead atoms. The number of aryl methyl sites for hydroxylation is 1. The van der Waals surface area contributed by atoms with Crippen molar-refractivity contribution < 1.29 is 23.9 Å². The van der Waals surface area contributed by atoms with Gasteiger partial charge in [-0.25, -0.2) is 9.59 Å². The number of benzene rings is 2. The van der Waals surface area contributed by atoms with Crippen LogP contribution in [0.25, 0.3) is 6.08 Å². The lowest BCUT2D eigenvalue weighted by atomic mass is 10.1. The Morgan fingerprint density at radius 3 is 2.19 bits per heavy atom. The van der Waals surface area contributed by atoms with Gasteiger partial charge in [-0.15, -0.1) is 0 Å². The third-order valence-electron chi connectivity index (χ3n) is 3.65. The number of nitrogens with one attached hydrogen (secondary N) is 2. The van der Waals surface area contributed by atoms with Gasteiger partial charge < -0.3 is 4.74 Å². The lowest BCUT2D eigenvalue weighted by molar-refractivity contribution is -0.123. The summed E-state index contributed by atoms with van der Waals surface area (Å²) >= 11 is 0. The minimum absolute atomic E-state index is 0.183. The molecule has 0 unspecified atom stereocenters. The van der Waals surface area contributed by atoms with E-state index in [0.29, 0.717) is 11.1 Å². The SMILES string of the molecule is Cc1ccc(C(=O)Oc2ccccc2C=C2C(=O)NC(=O)NC2=O)cc1. The molecular formula is C19H14N2O5. The molecule has 2 aromatic carbocycles. The van der Waals surface area contributed by atoms with Gasteiger partial charge in [0.2, 0.25) is 0 Å². The van der Waals surface area contributed by atoms with Crippen LogP contribution >= 0.6 is 0 Å². The minimum Gasteiger partial charge on any atom is -0.422 e. The number of hydrogen-bond donors (Lipinski definition) is 2. The average Bonchev–Trinajstić information content (AvgIpc) is 2.60. The molecule has 0 aromatic heterocycles. The Balaban J connectivity index is 1.89. The van der Waals surface area contributed by atoms with Gasteiger partial charge in [-0.3, -0.25) is 20.2 Å². The Bertz CT molecular complexity index is 923. The van der Waals surface area contributed by atoms with Crippen molar-refractivity contribution in [3.05, 3.63) is 70.8 Å². The quantitative estimate of drug-likeness (QED) is 0.381. The Kier molecular flexibility index (Phi) is 4.62. The molecule has 1 saturated heterocycles. The van der Waals surface area contributed by atoms with Crippen molar-refractivity contribution >= 4 is 29.9 Å². The third kappa shape index (κ3) is 3.67. The predicted molar refractivity (Wildman–Crippen MR) is 92.2 cm³/mol. The first-order chi connectivity index (χ1) is 12.4. The number of imide groups is 2. The van der Waals surface area contributed by atoms with Gasteiger partial charge in [-0.05, 0) is 31.2 Å². The van der Waals surface area contributed by atoms with Crippen LogP contribution in [0.3, 0.4) is 0 Å². The predicted octanol–water partition coefficient (Wildman–Crippen LogP) is 1.96. The molecule has 1 fully saturated rings. The smallest absolute Gasteiger partial charge is 0.343 e. The molecule has 7 heteroatoms. The largest absolute Gasteiger partial charge is 0.422 e. The van der Waals surface area contributed by atoms with E-state index < -0.39 is 23.8 Å². The summed E-state index contributed by atoms with van der Waals surface area (Å²) in [7, 11) is 0. The van der Waals surface area contributed by atoms with E-state index in [1.165, 1.54) is 6.08 Å². The topological polar surface area (TPSA) is 102 Å². The molecular weight excluding hydrogens is 336 g/mol. The van der Waals surface area contributed by atoms with Gasteiger partial charge in [0.15, 0.2) is 0 Å². The summed E-state index contributed by atoms with van der Waals surface area (Å²) in [6.45, 7) is 1.90. The van der Waals surface area contributed by atoms with Crippen molar-refractivity contribution in [3.8, 4) is 5.75 Å². The van der Waals surface area contributed by atoms with E-state index in [2.05, 4.69) is 0 Å². The molecule has 2 aromatic rings. The van der Waals surface area contributed by atoms with Crippen molar-refractivity contribution in [2.45, 2.75) is 6.92 Å². The lowest BCUT2D eigenvalue weighted by Gasteiger charge is -2.14. The molecule has 1 aliphatic heterocycles. The van der Waals surface area contributed by atoms with Crippen LogP contribution in [0, 0.1) is 6.92 Å². The lowest BCUT2D eigenvalue weighted by Crippen LogP contribution is -2.51. The summed E-state index contributed by atoms with van der Waals surface area (Å²) in [6, 6.07) is 12.4. The van der Waals surface area contributed by atoms with Gasteiger partial charge in [-0.2, -0.15) is 0 Å². The van der Waals surface area contributed by atoms with Crippen molar-refractivity contribution in [2.24, 2.45) is 0 Å². The molecule has 1 heterocycles. The number of ether oxygens (including phenoxy) is 1. The summed E-state index contributed by atoms with van der Waals surface area (Å²) in [5.41, 5.74) is 1.47. The third-order valence-corrected chi connectivity index (χ3v) is 3.65. The van der Waals surface area contributed by atoms with Crippen LogP contribution in [-0.4, -0.2) is 23.8 Å². The number of esters is 1. The van der Waals surface area contributed by atoms with Gasteiger partial charge >= 0.3 is 12.0 Å². The standard InChI is InChI=1S/C19H14N2O5/c1-11-6-8-12(9-7-11)18(24)26-15-5-3-2-4-13(15)10-14-16(22)20-19(25)21-17(14)23/h2-10H,1H3,(H2,20,21,22,23,25). The highest BCUT2D eigenvalue weighted by Crippen LogP contribution is 2.23. The summed E-state index contributed by atoms with van der Waals surface area (Å²) in [5, 5.41) is 3.97. The molecule has 4 amide bonds. The van der Waals surface area contributed by atoms with Gasteiger partial charge in [0.25, 0.3) is 11.8 Å². The van der Waals surface area contributed by atoms with Crippen LogP contribution in [0.4, 0.5) is 4.79 Å². The highest BCUT2D eigenvalue weighted by Gasteiger charge is 2.28. The molecule has 130 valence electrons. The van der Waals surface area contributed by atoms with Gasteiger partial charge in [-0.1, -0.05) is 35.9 Å². The Morgan fingerprint density at radius 1 is 0.923 bits per heavy atom. The number of para-hydroxylation sites is 1. The first kappa shape index (κ1) is 17.1. The summed E-state index contributed by atoms with van der Waals surface area (Å²) in [5.74, 6) is -2.02. The zero-order valence-corrected chi connectivity index (χ0v) is 13.7. The van der Waals surface area contributed by atoms with Crippen LogP contribution in [0.2, 0.25) is 0 Å². The molecule has 7 nitrogen and oxygen atoms in total. The Morgan fingerprint density at radius 2 is 1.54 bits per heavy atom. The monoisotopic (exact) mass is 350 g/mol. The maximum Gasteiger partial charge on any atom is 0.343 e. The van der Waals surface area contributed by atoms with Crippen LogP contribution in [0.1, 0.15) is 21.5 Å². The van der Waals surface area contributed by atoms with Crippen molar-refractivity contribution in [1.82, 2.24) is 10.6 Å². The average molecular weight is 350 g/mol. The Labute approximate surface area is 148 Å². The fourth-order valence-electron chi connectivity index (χ4n) is 2.30. The number of hydrogen-bond acceptors (Lipinski definition) is 5. The van der Waals surface area contributed by atoms with Crippen LogP contribution in [-0.2, 0) is 9.59 Å². The maximum atomic E-state index is 12.3. The number of rotatable bonds is 3. The normalized spacial score (nSPS) is 13.7. The molecule has 26 heavy (non-hydrogen) atoms. The first-order valence-corrected chi connectivity index (χ1v) is 7.70. The van der Waals surface area contributed by atoms with Crippen LogP contribution < -0.4 is 15.4 Å².